The van der Waals surface area contributed by atoms with Crippen molar-refractivity contribution in [2.45, 2.75) is 22.3 Å². The van der Waals surface area contributed by atoms with E-state index >= 15 is 0 Å². The number of sulfonamides is 2. The Morgan fingerprint density at radius 3 is 2.58 bits per heavy atom. The van der Waals surface area contributed by atoms with Crippen molar-refractivity contribution in [2.75, 3.05) is 18.8 Å². The number of anilines is 1. The van der Waals surface area contributed by atoms with Crippen LogP contribution in [0.2, 0.25) is 0 Å². The van der Waals surface area contributed by atoms with Gasteiger partial charge >= 0.3 is 0 Å². The van der Waals surface area contributed by atoms with E-state index in [4.69, 9.17) is 10.9 Å². The normalized spacial score (nSPS) is 17.1. The highest BCUT2D eigenvalue weighted by molar-refractivity contribution is 7.92. The maximum Gasteiger partial charge on any atom is 0.242 e. The third-order valence-corrected chi connectivity index (χ3v) is 7.40. The van der Waals surface area contributed by atoms with Crippen molar-refractivity contribution in [1.82, 2.24) is 35.6 Å². The molecule has 0 spiro atoms. The molecule has 0 radical (unpaired) electrons. The van der Waals surface area contributed by atoms with Crippen LogP contribution in [0.4, 0.5) is 5.69 Å². The highest BCUT2D eigenvalue weighted by atomic mass is 32.2. The number of tetrazole rings is 1. The first-order valence-electron chi connectivity index (χ1n) is 9.04. The monoisotopic (exact) mass is 465 g/mol. The first kappa shape index (κ1) is 21.3. The Morgan fingerprint density at radius 1 is 1.16 bits per heavy atom. The Kier molecular flexibility index (Phi) is 5.44. The van der Waals surface area contributed by atoms with E-state index in [2.05, 4.69) is 35.6 Å². The van der Waals surface area contributed by atoms with Crippen LogP contribution in [0.25, 0.3) is 22.5 Å². The average Bonchev–Trinajstić information content (AvgIpc) is 3.40. The van der Waals surface area contributed by atoms with Gasteiger partial charge in [-0.05, 0) is 35.9 Å². The zero-order chi connectivity index (χ0) is 22.2. The maximum absolute atomic E-state index is 13.1. The first-order chi connectivity index (χ1) is 14.7. The third kappa shape index (κ3) is 4.26. The summed E-state index contributed by atoms with van der Waals surface area (Å²) in [6, 6.07) is 3.77. The van der Waals surface area contributed by atoms with Crippen LogP contribution in [-0.2, 0) is 20.0 Å². The van der Waals surface area contributed by atoms with E-state index in [-0.39, 0.29) is 23.0 Å². The molecule has 1 aliphatic rings. The summed E-state index contributed by atoms with van der Waals surface area (Å²) in [7, 11) is -8.81. The summed E-state index contributed by atoms with van der Waals surface area (Å²) in [5, 5.41) is 21.9. The minimum atomic E-state index is -4.56. The van der Waals surface area contributed by atoms with Gasteiger partial charge in [-0.3, -0.25) is 4.98 Å². The Morgan fingerprint density at radius 2 is 1.97 bits per heavy atom. The van der Waals surface area contributed by atoms with Gasteiger partial charge in [0.15, 0.2) is 0 Å². The fourth-order valence-electron chi connectivity index (χ4n) is 3.43. The molecule has 1 aromatic carbocycles. The summed E-state index contributed by atoms with van der Waals surface area (Å²) >= 11 is 0. The Hall–Kier alpha value is -2.98. The summed E-state index contributed by atoms with van der Waals surface area (Å²) in [5.41, 5.74) is 6.69. The SMILES string of the molecule is Nc1cncc(-c2ccc(S(=O)(=O)N[C@@H]3CCNC3)c(S(N)(=O)=O)c2-c2nn[nH]n2)c1. The lowest BCUT2D eigenvalue weighted by atomic mass is 10.0. The summed E-state index contributed by atoms with van der Waals surface area (Å²) in [5.74, 6) is -0.152. The average molecular weight is 466 g/mol. The molecule has 1 fully saturated rings. The molecule has 164 valence electrons. The zero-order valence-corrected chi connectivity index (χ0v) is 17.6. The van der Waals surface area contributed by atoms with Gasteiger partial charge in [-0.1, -0.05) is 6.07 Å². The van der Waals surface area contributed by atoms with Gasteiger partial charge in [0.25, 0.3) is 0 Å². The van der Waals surface area contributed by atoms with Crippen LogP contribution in [-0.4, -0.2) is 61.6 Å². The fourth-order valence-corrected chi connectivity index (χ4v) is 6.30. The van der Waals surface area contributed by atoms with Gasteiger partial charge in [0, 0.05) is 30.5 Å². The molecule has 13 nitrogen and oxygen atoms in total. The van der Waals surface area contributed by atoms with E-state index in [0.717, 1.165) is 0 Å². The van der Waals surface area contributed by atoms with Crippen molar-refractivity contribution >= 4 is 25.7 Å². The summed E-state index contributed by atoms with van der Waals surface area (Å²) in [4.78, 5) is 2.85. The van der Waals surface area contributed by atoms with Crippen LogP contribution in [0.1, 0.15) is 6.42 Å². The lowest BCUT2D eigenvalue weighted by Gasteiger charge is -2.18. The van der Waals surface area contributed by atoms with E-state index in [0.29, 0.717) is 30.8 Å². The number of rotatable bonds is 6. The molecule has 3 heterocycles. The molecule has 0 aliphatic carbocycles. The second-order valence-corrected chi connectivity index (χ2v) is 10.1. The molecule has 0 unspecified atom stereocenters. The maximum atomic E-state index is 13.1. The molecule has 31 heavy (non-hydrogen) atoms. The number of primary sulfonamides is 1. The van der Waals surface area contributed by atoms with Crippen molar-refractivity contribution in [3.05, 3.63) is 30.6 Å². The van der Waals surface area contributed by atoms with Gasteiger partial charge in [0.2, 0.25) is 25.9 Å². The standard InChI is InChI=1S/C16H19N9O4S2/c17-10-5-9(6-20-7-10)12-1-2-13(31(28,29)23-11-3-4-19-8-11)15(30(18,26)27)14(12)16-21-24-25-22-16/h1-2,5-7,11,19,23H,3-4,8,17H2,(H2,18,26,27)(H,21,22,24,25)/t11-/m1/s1. The number of benzene rings is 1. The number of hydrogen-bond acceptors (Lipinski definition) is 10. The van der Waals surface area contributed by atoms with E-state index in [1.54, 1.807) is 6.07 Å². The number of nitrogen functional groups attached to an aromatic ring is 1. The summed E-state index contributed by atoms with van der Waals surface area (Å²) in [6.07, 6.45) is 3.42. The molecule has 15 heteroatoms. The predicted molar refractivity (Wildman–Crippen MR) is 110 cm³/mol. The Bertz CT molecular complexity index is 1320. The molecule has 0 bridgehead atoms. The molecule has 0 amide bonds. The number of nitrogens with one attached hydrogen (secondary N) is 3. The minimum Gasteiger partial charge on any atom is -0.397 e. The third-order valence-electron chi connectivity index (χ3n) is 4.72. The lowest BCUT2D eigenvalue weighted by Crippen LogP contribution is -2.37. The van der Waals surface area contributed by atoms with Crippen molar-refractivity contribution in [3.8, 4) is 22.5 Å². The van der Waals surface area contributed by atoms with E-state index in [1.165, 1.54) is 24.5 Å². The van der Waals surface area contributed by atoms with Crippen molar-refractivity contribution in [3.63, 3.8) is 0 Å². The van der Waals surface area contributed by atoms with Crippen LogP contribution in [0.5, 0.6) is 0 Å². The molecule has 1 saturated heterocycles. The number of nitrogens with zero attached hydrogens (tertiary/aromatic N) is 4. The molecule has 4 rings (SSSR count). The molecule has 3 aromatic rings. The number of hydrogen-bond donors (Lipinski definition) is 5. The molecule has 1 atom stereocenters. The smallest absolute Gasteiger partial charge is 0.242 e. The highest BCUT2D eigenvalue weighted by Gasteiger charge is 2.33. The molecular formula is C16H19N9O4S2. The van der Waals surface area contributed by atoms with Gasteiger partial charge in [-0.25, -0.2) is 26.7 Å². The fraction of sp³-hybridized carbons (Fsp3) is 0.250. The van der Waals surface area contributed by atoms with Crippen LogP contribution >= 0.6 is 0 Å². The van der Waals surface area contributed by atoms with Crippen LogP contribution in [0, 0.1) is 0 Å². The molecule has 1 aliphatic heterocycles. The Balaban J connectivity index is 2.01. The predicted octanol–water partition coefficient (Wildman–Crippen LogP) is -1.20. The first-order valence-corrected chi connectivity index (χ1v) is 12.1. The lowest BCUT2D eigenvalue weighted by molar-refractivity contribution is 0.555. The number of aromatic nitrogens is 5. The van der Waals surface area contributed by atoms with Crippen LogP contribution in [0.15, 0.2) is 40.4 Å². The second-order valence-electron chi connectivity index (χ2n) is 6.91. The highest BCUT2D eigenvalue weighted by Crippen LogP contribution is 2.38. The number of nitrogens with two attached hydrogens (primary N) is 2. The van der Waals surface area contributed by atoms with Gasteiger partial charge in [0.1, 0.15) is 9.79 Å². The van der Waals surface area contributed by atoms with Gasteiger partial charge < -0.3 is 11.1 Å². The van der Waals surface area contributed by atoms with E-state index in [9.17, 15) is 16.8 Å². The topological polar surface area (TPSA) is 212 Å². The van der Waals surface area contributed by atoms with Crippen LogP contribution < -0.4 is 20.9 Å². The minimum absolute atomic E-state index is 0.129. The van der Waals surface area contributed by atoms with Gasteiger partial charge in [-0.2, -0.15) is 5.21 Å². The van der Waals surface area contributed by atoms with Gasteiger partial charge in [-0.15, -0.1) is 10.2 Å². The summed E-state index contributed by atoms with van der Waals surface area (Å²) in [6.45, 7) is 1.07. The zero-order valence-electron chi connectivity index (χ0n) is 16.0. The number of pyridine rings is 1. The van der Waals surface area contributed by atoms with E-state index < -0.39 is 29.8 Å². The number of H-pyrrole nitrogens is 1. The van der Waals surface area contributed by atoms with Gasteiger partial charge in [0.05, 0.1) is 11.3 Å². The Labute approximate surface area is 177 Å². The molecule has 0 saturated carbocycles. The van der Waals surface area contributed by atoms with E-state index in [1.807, 2.05) is 0 Å². The number of aromatic amines is 1. The summed E-state index contributed by atoms with van der Waals surface area (Å²) < 4.78 is 54.1. The molecule has 2 aromatic heterocycles. The largest absolute Gasteiger partial charge is 0.397 e. The van der Waals surface area contributed by atoms with Crippen LogP contribution in [0.3, 0.4) is 0 Å². The molecular weight excluding hydrogens is 446 g/mol. The quantitative estimate of drug-likeness (QED) is 0.293. The van der Waals surface area contributed by atoms with Crippen molar-refractivity contribution in [2.24, 2.45) is 5.14 Å². The van der Waals surface area contributed by atoms with Crippen molar-refractivity contribution in [1.29, 1.82) is 0 Å². The van der Waals surface area contributed by atoms with Crippen molar-refractivity contribution < 1.29 is 16.8 Å². The molecule has 7 N–H and O–H groups in total. The second kappa shape index (κ2) is 7.93.